The first-order valence-electron chi connectivity index (χ1n) is 8.53. The Morgan fingerprint density at radius 1 is 1.00 bits per heavy atom. The Hall–Kier alpha value is -2.49. The van der Waals surface area contributed by atoms with Gasteiger partial charge in [0, 0.05) is 19.0 Å². The highest BCUT2D eigenvalue weighted by Crippen LogP contribution is 2.32. The Morgan fingerprint density at radius 2 is 1.75 bits per heavy atom. The van der Waals surface area contributed by atoms with Crippen molar-refractivity contribution in [1.82, 2.24) is 4.90 Å². The zero-order valence-corrected chi connectivity index (χ0v) is 13.6. The monoisotopic (exact) mass is 323 g/mol. The first-order valence-corrected chi connectivity index (χ1v) is 8.53. The van der Waals surface area contributed by atoms with E-state index in [2.05, 4.69) is 24.3 Å². The Bertz CT molecular complexity index is 716. The van der Waals surface area contributed by atoms with Crippen LogP contribution in [-0.4, -0.2) is 36.6 Å². The fraction of sp³-hybridized carbons (Fsp3) is 0.350. The van der Waals surface area contributed by atoms with Crippen molar-refractivity contribution in [1.29, 1.82) is 0 Å². The first kappa shape index (κ1) is 15.1. The van der Waals surface area contributed by atoms with Crippen LogP contribution in [0, 0.1) is 0 Å². The average molecular weight is 323 g/mol. The van der Waals surface area contributed by atoms with Crippen molar-refractivity contribution in [3.8, 4) is 11.5 Å². The van der Waals surface area contributed by atoms with E-state index < -0.39 is 6.10 Å². The molecule has 2 aliphatic heterocycles. The van der Waals surface area contributed by atoms with E-state index in [9.17, 15) is 4.79 Å². The van der Waals surface area contributed by atoms with Crippen LogP contribution in [0.2, 0.25) is 0 Å². The SMILES string of the molecule is O=C(C1COc2ccccc2O1)N1CCCC(c2ccccc2)C1. The lowest BCUT2D eigenvalue weighted by atomic mass is 9.90. The van der Waals surface area contributed by atoms with Crippen molar-refractivity contribution in [2.24, 2.45) is 0 Å². The molecular formula is C20H21NO3. The van der Waals surface area contributed by atoms with Gasteiger partial charge in [0.25, 0.3) is 5.91 Å². The summed E-state index contributed by atoms with van der Waals surface area (Å²) in [6.07, 6.45) is 1.60. The van der Waals surface area contributed by atoms with Crippen molar-refractivity contribution < 1.29 is 14.3 Å². The van der Waals surface area contributed by atoms with Crippen molar-refractivity contribution in [3.63, 3.8) is 0 Å². The number of fused-ring (bicyclic) bond motifs is 1. The molecule has 4 rings (SSSR count). The van der Waals surface area contributed by atoms with Crippen LogP contribution in [0.4, 0.5) is 0 Å². The van der Waals surface area contributed by atoms with Crippen LogP contribution in [0.5, 0.6) is 11.5 Å². The quantitative estimate of drug-likeness (QED) is 0.852. The van der Waals surface area contributed by atoms with Crippen molar-refractivity contribution in [2.75, 3.05) is 19.7 Å². The predicted molar refractivity (Wildman–Crippen MR) is 91.4 cm³/mol. The second-order valence-corrected chi connectivity index (χ2v) is 6.40. The summed E-state index contributed by atoms with van der Waals surface area (Å²) in [6.45, 7) is 1.83. The number of ether oxygens (including phenoxy) is 2. The van der Waals surface area contributed by atoms with Gasteiger partial charge in [-0.1, -0.05) is 42.5 Å². The Kier molecular flexibility index (Phi) is 4.11. The fourth-order valence-electron chi connectivity index (χ4n) is 3.52. The molecule has 2 heterocycles. The fourth-order valence-corrected chi connectivity index (χ4v) is 3.52. The van der Waals surface area contributed by atoms with Gasteiger partial charge in [-0.15, -0.1) is 0 Å². The maximum absolute atomic E-state index is 12.9. The van der Waals surface area contributed by atoms with Gasteiger partial charge < -0.3 is 14.4 Å². The normalized spacial score (nSPS) is 22.9. The Morgan fingerprint density at radius 3 is 2.58 bits per heavy atom. The van der Waals surface area contributed by atoms with Crippen molar-refractivity contribution in [3.05, 3.63) is 60.2 Å². The molecule has 1 fully saturated rings. The summed E-state index contributed by atoms with van der Waals surface area (Å²) >= 11 is 0. The van der Waals surface area contributed by atoms with Crippen LogP contribution >= 0.6 is 0 Å². The molecule has 0 spiro atoms. The second-order valence-electron chi connectivity index (χ2n) is 6.40. The molecule has 1 amide bonds. The number of carbonyl (C=O) groups is 1. The van der Waals surface area contributed by atoms with Gasteiger partial charge in [-0.25, -0.2) is 0 Å². The lowest BCUT2D eigenvalue weighted by Crippen LogP contribution is -2.49. The van der Waals surface area contributed by atoms with E-state index in [0.29, 0.717) is 17.4 Å². The highest BCUT2D eigenvalue weighted by molar-refractivity contribution is 5.82. The lowest BCUT2D eigenvalue weighted by Gasteiger charge is -2.36. The molecule has 2 unspecified atom stereocenters. The third kappa shape index (κ3) is 2.96. The van der Waals surface area contributed by atoms with E-state index in [1.54, 1.807) is 0 Å². The number of hydrogen-bond acceptors (Lipinski definition) is 3. The van der Waals surface area contributed by atoms with Crippen molar-refractivity contribution >= 4 is 5.91 Å². The number of benzene rings is 2. The molecule has 0 bridgehead atoms. The molecule has 2 aromatic carbocycles. The number of carbonyl (C=O) groups excluding carboxylic acids is 1. The summed E-state index contributed by atoms with van der Waals surface area (Å²) in [5, 5.41) is 0. The lowest BCUT2D eigenvalue weighted by molar-refractivity contribution is -0.142. The van der Waals surface area contributed by atoms with E-state index in [1.165, 1.54) is 5.56 Å². The van der Waals surface area contributed by atoms with Crippen LogP contribution in [0.1, 0.15) is 24.3 Å². The summed E-state index contributed by atoms with van der Waals surface area (Å²) in [6, 6.07) is 17.9. The van der Waals surface area contributed by atoms with Crippen LogP contribution < -0.4 is 9.47 Å². The molecule has 4 nitrogen and oxygen atoms in total. The van der Waals surface area contributed by atoms with Gasteiger partial charge in [0.05, 0.1) is 0 Å². The van der Waals surface area contributed by atoms with Crippen molar-refractivity contribution in [2.45, 2.75) is 24.9 Å². The minimum absolute atomic E-state index is 0.0325. The summed E-state index contributed by atoms with van der Waals surface area (Å²) in [7, 11) is 0. The zero-order chi connectivity index (χ0) is 16.4. The van der Waals surface area contributed by atoms with Gasteiger partial charge in [-0.2, -0.15) is 0 Å². The molecule has 2 aliphatic rings. The number of piperidine rings is 1. The summed E-state index contributed by atoms with van der Waals surface area (Å²) in [4.78, 5) is 14.8. The van der Waals surface area contributed by atoms with Crippen LogP contribution in [0.3, 0.4) is 0 Å². The minimum atomic E-state index is -0.547. The number of nitrogens with zero attached hydrogens (tertiary/aromatic N) is 1. The summed E-state index contributed by atoms with van der Waals surface area (Å²) in [5.74, 6) is 1.80. The van der Waals surface area contributed by atoms with Gasteiger partial charge in [0.15, 0.2) is 11.5 Å². The maximum atomic E-state index is 12.9. The molecule has 2 atom stereocenters. The van der Waals surface area contributed by atoms with Gasteiger partial charge in [0.2, 0.25) is 6.10 Å². The third-order valence-electron chi connectivity index (χ3n) is 4.79. The molecule has 0 N–H and O–H groups in total. The molecule has 0 saturated carbocycles. The first-order chi connectivity index (χ1) is 11.8. The van der Waals surface area contributed by atoms with E-state index >= 15 is 0 Å². The van der Waals surface area contributed by atoms with E-state index in [4.69, 9.17) is 9.47 Å². The van der Waals surface area contributed by atoms with Gasteiger partial charge in [-0.05, 0) is 30.5 Å². The number of para-hydroxylation sites is 2. The zero-order valence-electron chi connectivity index (χ0n) is 13.6. The predicted octanol–water partition coefficient (Wildman–Crippen LogP) is 3.23. The average Bonchev–Trinajstić information content (AvgIpc) is 2.68. The Balaban J connectivity index is 1.45. The van der Waals surface area contributed by atoms with Gasteiger partial charge in [0.1, 0.15) is 6.61 Å². The molecule has 1 saturated heterocycles. The molecule has 2 aromatic rings. The highest BCUT2D eigenvalue weighted by atomic mass is 16.6. The second kappa shape index (κ2) is 6.56. The highest BCUT2D eigenvalue weighted by Gasteiger charge is 2.33. The van der Waals surface area contributed by atoms with Gasteiger partial charge >= 0.3 is 0 Å². The summed E-state index contributed by atoms with van der Waals surface area (Å²) < 4.78 is 11.6. The molecular weight excluding hydrogens is 302 g/mol. The maximum Gasteiger partial charge on any atom is 0.267 e. The topological polar surface area (TPSA) is 38.8 Å². The molecule has 0 aromatic heterocycles. The molecule has 24 heavy (non-hydrogen) atoms. The van der Waals surface area contributed by atoms with Gasteiger partial charge in [-0.3, -0.25) is 4.79 Å². The molecule has 0 radical (unpaired) electrons. The number of rotatable bonds is 2. The Labute approximate surface area is 142 Å². The standard InChI is InChI=1S/C20H21NO3/c22-20(19-14-23-17-10-4-5-11-18(17)24-19)21-12-6-9-16(13-21)15-7-2-1-3-8-15/h1-5,7-8,10-11,16,19H,6,9,12-14H2. The van der Waals surface area contributed by atoms with Crippen LogP contribution in [-0.2, 0) is 4.79 Å². The minimum Gasteiger partial charge on any atom is -0.485 e. The number of likely N-dealkylation sites (tertiary alicyclic amines) is 1. The van der Waals surface area contributed by atoms with E-state index in [1.807, 2.05) is 35.2 Å². The number of amides is 1. The van der Waals surface area contributed by atoms with E-state index in [-0.39, 0.29) is 12.5 Å². The third-order valence-corrected chi connectivity index (χ3v) is 4.79. The molecule has 4 heteroatoms. The van der Waals surface area contributed by atoms with Crippen LogP contribution in [0.15, 0.2) is 54.6 Å². The molecule has 0 aliphatic carbocycles. The smallest absolute Gasteiger partial charge is 0.267 e. The van der Waals surface area contributed by atoms with E-state index in [0.717, 1.165) is 25.9 Å². The number of hydrogen-bond donors (Lipinski definition) is 0. The molecule has 124 valence electrons. The van der Waals surface area contributed by atoms with Crippen LogP contribution in [0.25, 0.3) is 0 Å². The summed E-state index contributed by atoms with van der Waals surface area (Å²) in [5.41, 5.74) is 1.31. The largest absolute Gasteiger partial charge is 0.485 e.